The number of nitrogens with zero attached hydrogens (tertiary/aromatic N) is 2. The zero-order valence-corrected chi connectivity index (χ0v) is 10.7. The molecule has 1 aliphatic rings. The molecule has 1 aromatic rings. The first-order valence-corrected chi connectivity index (χ1v) is 6.70. The number of rotatable bonds is 6. The molecule has 0 bridgehead atoms. The number of carbonyl (C=O) groups excluding carboxylic acids is 1. The molecule has 1 saturated carbocycles. The van der Waals surface area contributed by atoms with E-state index in [1.165, 1.54) is 30.6 Å². The Bertz CT molecular complexity index is 358. The second-order valence-electron chi connectivity index (χ2n) is 4.77. The highest BCUT2D eigenvalue weighted by molar-refractivity contribution is 7.17. The number of aromatic nitrogens is 1. The summed E-state index contributed by atoms with van der Waals surface area (Å²) >= 11 is 1.51. The molecule has 1 fully saturated rings. The van der Waals surface area contributed by atoms with E-state index in [1.54, 1.807) is 6.20 Å². The summed E-state index contributed by atoms with van der Waals surface area (Å²) in [7, 11) is 0. The quantitative estimate of drug-likeness (QED) is 0.714. The van der Waals surface area contributed by atoms with Crippen molar-refractivity contribution >= 4 is 22.8 Å². The topological polar surface area (TPSA) is 33.2 Å². The second kappa shape index (κ2) is 4.95. The van der Waals surface area contributed by atoms with E-state index in [0.717, 1.165) is 22.8 Å². The minimum atomic E-state index is 0.671. The van der Waals surface area contributed by atoms with Crippen molar-refractivity contribution < 1.29 is 4.79 Å². The van der Waals surface area contributed by atoms with Gasteiger partial charge in [0.25, 0.3) is 0 Å². The highest BCUT2D eigenvalue weighted by Crippen LogP contribution is 2.34. The summed E-state index contributed by atoms with van der Waals surface area (Å²) in [5.74, 6) is 0.715. The van der Waals surface area contributed by atoms with Crippen LogP contribution in [0, 0.1) is 5.92 Å². The fourth-order valence-electron chi connectivity index (χ4n) is 1.68. The molecule has 0 aromatic carbocycles. The van der Waals surface area contributed by atoms with Gasteiger partial charge in [0.05, 0.1) is 11.1 Å². The number of anilines is 1. The van der Waals surface area contributed by atoms with Crippen molar-refractivity contribution in [3.63, 3.8) is 0 Å². The van der Waals surface area contributed by atoms with Crippen molar-refractivity contribution in [2.24, 2.45) is 5.92 Å². The van der Waals surface area contributed by atoms with E-state index in [4.69, 9.17) is 0 Å². The maximum Gasteiger partial charge on any atom is 0.186 e. The molecule has 4 heteroatoms. The molecular formula is C12H18N2OS. The molecule has 0 atom stereocenters. The Morgan fingerprint density at radius 2 is 2.38 bits per heavy atom. The Labute approximate surface area is 100 Å². The molecule has 0 spiro atoms. The van der Waals surface area contributed by atoms with E-state index < -0.39 is 0 Å². The molecule has 1 aromatic heterocycles. The zero-order valence-electron chi connectivity index (χ0n) is 9.85. The van der Waals surface area contributed by atoms with Crippen molar-refractivity contribution in [3.8, 4) is 0 Å². The third kappa shape index (κ3) is 2.82. The zero-order chi connectivity index (χ0) is 11.5. The first kappa shape index (κ1) is 11.6. The predicted molar refractivity (Wildman–Crippen MR) is 67.3 cm³/mol. The lowest BCUT2D eigenvalue weighted by atomic mass is 10.1. The molecule has 1 heterocycles. The number of carbonyl (C=O) groups is 1. The van der Waals surface area contributed by atoms with E-state index in [9.17, 15) is 4.79 Å². The molecule has 88 valence electrons. The number of hydrogen-bond acceptors (Lipinski definition) is 4. The fourth-order valence-corrected chi connectivity index (χ4v) is 2.51. The monoisotopic (exact) mass is 238 g/mol. The van der Waals surface area contributed by atoms with Gasteiger partial charge >= 0.3 is 0 Å². The molecule has 16 heavy (non-hydrogen) atoms. The molecule has 1 aliphatic carbocycles. The Balaban J connectivity index is 2.03. The number of aldehydes is 1. The molecular weight excluding hydrogens is 220 g/mol. The van der Waals surface area contributed by atoms with Crippen LogP contribution in [0.5, 0.6) is 0 Å². The summed E-state index contributed by atoms with van der Waals surface area (Å²) in [4.78, 5) is 18.1. The van der Waals surface area contributed by atoms with Gasteiger partial charge in [-0.1, -0.05) is 25.2 Å². The van der Waals surface area contributed by atoms with Gasteiger partial charge in [0, 0.05) is 12.6 Å². The summed E-state index contributed by atoms with van der Waals surface area (Å²) in [5, 5.41) is 1.02. The van der Waals surface area contributed by atoms with Crippen molar-refractivity contribution in [3.05, 3.63) is 11.1 Å². The Hall–Kier alpha value is -0.900. The summed E-state index contributed by atoms with van der Waals surface area (Å²) in [6.45, 7) is 5.54. The first-order valence-electron chi connectivity index (χ1n) is 5.88. The molecule has 0 unspecified atom stereocenters. The molecule has 0 amide bonds. The van der Waals surface area contributed by atoms with Crippen molar-refractivity contribution in [2.75, 3.05) is 11.4 Å². The lowest BCUT2D eigenvalue weighted by molar-refractivity contribution is 0.112. The summed E-state index contributed by atoms with van der Waals surface area (Å²) in [5.41, 5.74) is 0. The highest BCUT2D eigenvalue weighted by atomic mass is 32.1. The molecule has 0 saturated heterocycles. The molecule has 0 N–H and O–H groups in total. The minimum absolute atomic E-state index is 0.671. The normalized spacial score (nSPS) is 15.4. The van der Waals surface area contributed by atoms with E-state index in [0.29, 0.717) is 12.0 Å². The maximum atomic E-state index is 10.6. The predicted octanol–water partition coefficient (Wildman–Crippen LogP) is 2.97. The van der Waals surface area contributed by atoms with Crippen LogP contribution in [0.15, 0.2) is 6.20 Å². The van der Waals surface area contributed by atoms with Crippen LogP contribution in [-0.2, 0) is 0 Å². The fraction of sp³-hybridized carbons (Fsp3) is 0.667. The first-order chi connectivity index (χ1) is 7.70. The molecule has 0 radical (unpaired) electrons. The van der Waals surface area contributed by atoms with E-state index in [-0.39, 0.29) is 0 Å². The van der Waals surface area contributed by atoms with Crippen LogP contribution in [0.2, 0.25) is 0 Å². The number of thiazole rings is 1. The Morgan fingerprint density at radius 3 is 2.88 bits per heavy atom. The average molecular weight is 238 g/mol. The van der Waals surface area contributed by atoms with Gasteiger partial charge in [0.1, 0.15) is 0 Å². The molecule has 2 rings (SSSR count). The molecule has 0 aliphatic heterocycles. The number of hydrogen-bond donors (Lipinski definition) is 0. The van der Waals surface area contributed by atoms with Gasteiger partial charge in [-0.15, -0.1) is 0 Å². The van der Waals surface area contributed by atoms with Crippen LogP contribution in [0.1, 0.15) is 42.8 Å². The minimum Gasteiger partial charge on any atom is -0.345 e. The van der Waals surface area contributed by atoms with Gasteiger partial charge < -0.3 is 4.90 Å². The summed E-state index contributed by atoms with van der Waals surface area (Å²) in [6.07, 6.45) is 6.29. The Morgan fingerprint density at radius 1 is 1.62 bits per heavy atom. The van der Waals surface area contributed by atoms with Gasteiger partial charge in [-0.3, -0.25) is 4.79 Å². The van der Waals surface area contributed by atoms with Crippen molar-refractivity contribution in [2.45, 2.75) is 39.2 Å². The largest absolute Gasteiger partial charge is 0.345 e. The lowest BCUT2D eigenvalue weighted by Crippen LogP contribution is -2.27. The van der Waals surface area contributed by atoms with Crippen LogP contribution in [-0.4, -0.2) is 23.9 Å². The lowest BCUT2D eigenvalue weighted by Gasteiger charge is -2.22. The average Bonchev–Trinajstić information content (AvgIpc) is 2.96. The van der Waals surface area contributed by atoms with Crippen LogP contribution >= 0.6 is 11.3 Å². The summed E-state index contributed by atoms with van der Waals surface area (Å²) in [6, 6.07) is 0.671. The van der Waals surface area contributed by atoms with E-state index in [1.807, 2.05) is 0 Å². The second-order valence-corrected chi connectivity index (χ2v) is 5.81. The van der Waals surface area contributed by atoms with Gasteiger partial charge in [-0.25, -0.2) is 4.98 Å². The van der Waals surface area contributed by atoms with E-state index in [2.05, 4.69) is 23.7 Å². The van der Waals surface area contributed by atoms with Gasteiger partial charge in [0.2, 0.25) is 0 Å². The standard InChI is InChI=1S/C12H18N2OS/c1-9(2)5-6-14(10-3-4-10)12-13-7-11(8-15)16-12/h7-10H,3-6H2,1-2H3. The van der Waals surface area contributed by atoms with Crippen molar-refractivity contribution in [1.82, 2.24) is 4.98 Å². The third-order valence-electron chi connectivity index (χ3n) is 2.81. The molecule has 3 nitrogen and oxygen atoms in total. The SMILES string of the molecule is CC(C)CCN(c1ncc(C=O)s1)C1CC1. The smallest absolute Gasteiger partial charge is 0.186 e. The van der Waals surface area contributed by atoms with Crippen LogP contribution in [0.25, 0.3) is 0 Å². The van der Waals surface area contributed by atoms with Gasteiger partial charge in [-0.05, 0) is 25.2 Å². The maximum absolute atomic E-state index is 10.6. The van der Waals surface area contributed by atoms with Gasteiger partial charge in [0.15, 0.2) is 11.4 Å². The van der Waals surface area contributed by atoms with Crippen LogP contribution < -0.4 is 4.90 Å². The van der Waals surface area contributed by atoms with E-state index >= 15 is 0 Å². The summed E-state index contributed by atoms with van der Waals surface area (Å²) < 4.78 is 0. The highest BCUT2D eigenvalue weighted by Gasteiger charge is 2.30. The van der Waals surface area contributed by atoms with Crippen LogP contribution in [0.3, 0.4) is 0 Å². The third-order valence-corrected chi connectivity index (χ3v) is 3.77. The van der Waals surface area contributed by atoms with Crippen molar-refractivity contribution in [1.29, 1.82) is 0 Å². The Kier molecular flexibility index (Phi) is 3.59. The van der Waals surface area contributed by atoms with Gasteiger partial charge in [-0.2, -0.15) is 0 Å². The van der Waals surface area contributed by atoms with Crippen LogP contribution in [0.4, 0.5) is 5.13 Å².